The largest absolute Gasteiger partial charge is 0.494 e. The normalized spacial score (nSPS) is 11.1. The summed E-state index contributed by atoms with van der Waals surface area (Å²) in [6.07, 6.45) is 36.9. The third-order valence-corrected chi connectivity index (χ3v) is 14.8. The van der Waals surface area contributed by atoms with E-state index in [-0.39, 0.29) is 24.2 Å². The second-order valence-electron chi connectivity index (χ2n) is 21.9. The molecule has 0 fully saturated rings. The fourth-order valence-electron chi connectivity index (χ4n) is 9.72. The second kappa shape index (κ2) is 49.8. The summed E-state index contributed by atoms with van der Waals surface area (Å²) in [5.41, 5.74) is 3.35. The number of hydrogen-bond donors (Lipinski definition) is 0. The highest BCUT2D eigenvalue weighted by atomic mass is 16.7. The molecule has 0 spiro atoms. The number of unbranched alkanes of at least 4 members (excludes halogenated alkanes) is 27. The molecular formula is C72H110O12. The van der Waals surface area contributed by atoms with Crippen molar-refractivity contribution in [2.24, 2.45) is 0 Å². The summed E-state index contributed by atoms with van der Waals surface area (Å²) < 4.78 is 51.6. The van der Waals surface area contributed by atoms with E-state index in [1.165, 1.54) is 154 Å². The van der Waals surface area contributed by atoms with Crippen LogP contribution in [0.25, 0.3) is 16.7 Å². The minimum absolute atomic E-state index is 0.204. The van der Waals surface area contributed by atoms with Crippen LogP contribution in [0.1, 0.15) is 237 Å². The summed E-state index contributed by atoms with van der Waals surface area (Å²) in [6, 6.07) is 22.5. The molecule has 0 unspecified atom stereocenters. The molecule has 0 aliphatic rings. The zero-order valence-corrected chi connectivity index (χ0v) is 52.5. The van der Waals surface area contributed by atoms with Crippen LogP contribution >= 0.6 is 0 Å². The SMILES string of the molecule is C=C(C(=O)OCC)c1ccc(OCCCCCCCCCCCCOCCC(OCCCCCCCCCCCCOc2ccc(C(=C)C(=O)OCC)cc2)OCCCCCCCCCCCCOc2ccc(C(=C)C(=O)OCC)cc2)cc1. The van der Waals surface area contributed by atoms with Crippen LogP contribution in [-0.4, -0.2) is 90.3 Å². The molecule has 0 radical (unpaired) electrons. The van der Waals surface area contributed by atoms with Crippen molar-refractivity contribution >= 4 is 34.6 Å². The van der Waals surface area contributed by atoms with Gasteiger partial charge in [-0.05, 0) is 112 Å². The first kappa shape index (κ1) is 72.8. The quantitative estimate of drug-likeness (QED) is 0.0175. The molecule has 470 valence electrons. The summed E-state index contributed by atoms with van der Waals surface area (Å²) >= 11 is 0. The summed E-state index contributed by atoms with van der Waals surface area (Å²) in [4.78, 5) is 35.8. The number of carbonyl (C=O) groups is 3. The molecule has 0 bridgehead atoms. The Morgan fingerprint density at radius 3 is 0.786 bits per heavy atom. The van der Waals surface area contributed by atoms with E-state index in [1.807, 2.05) is 72.8 Å². The van der Waals surface area contributed by atoms with Crippen molar-refractivity contribution in [2.45, 2.75) is 226 Å². The van der Waals surface area contributed by atoms with Gasteiger partial charge in [-0.15, -0.1) is 0 Å². The van der Waals surface area contributed by atoms with Crippen LogP contribution in [0.15, 0.2) is 92.5 Å². The molecule has 0 saturated heterocycles. The molecule has 12 nitrogen and oxygen atoms in total. The molecule has 12 heteroatoms. The molecule has 3 aromatic carbocycles. The second-order valence-corrected chi connectivity index (χ2v) is 21.9. The molecular weight excluding hydrogens is 1060 g/mol. The van der Waals surface area contributed by atoms with Gasteiger partial charge in [0.15, 0.2) is 6.29 Å². The van der Waals surface area contributed by atoms with Gasteiger partial charge in [-0.2, -0.15) is 0 Å². The van der Waals surface area contributed by atoms with Crippen LogP contribution < -0.4 is 14.2 Å². The van der Waals surface area contributed by atoms with Crippen LogP contribution in [-0.2, 0) is 42.8 Å². The molecule has 0 aromatic heterocycles. The van der Waals surface area contributed by atoms with Gasteiger partial charge in [0.05, 0.1) is 63.0 Å². The number of hydrogen-bond acceptors (Lipinski definition) is 12. The predicted octanol–water partition coefficient (Wildman–Crippen LogP) is 18.4. The van der Waals surface area contributed by atoms with Crippen molar-refractivity contribution in [3.63, 3.8) is 0 Å². The average molecular weight is 1170 g/mol. The van der Waals surface area contributed by atoms with E-state index >= 15 is 0 Å². The molecule has 0 aliphatic carbocycles. The molecule has 3 rings (SSSR count). The Bertz CT molecular complexity index is 2070. The highest BCUT2D eigenvalue weighted by Gasteiger charge is 2.14. The molecule has 0 saturated carbocycles. The van der Waals surface area contributed by atoms with Crippen molar-refractivity contribution in [3.05, 3.63) is 109 Å². The van der Waals surface area contributed by atoms with Gasteiger partial charge in [0.25, 0.3) is 0 Å². The van der Waals surface area contributed by atoms with Gasteiger partial charge in [0, 0.05) is 26.2 Å². The Morgan fingerprint density at radius 1 is 0.310 bits per heavy atom. The van der Waals surface area contributed by atoms with Gasteiger partial charge < -0.3 is 42.6 Å². The minimum Gasteiger partial charge on any atom is -0.494 e. The third kappa shape index (κ3) is 35.8. The van der Waals surface area contributed by atoms with Crippen LogP contribution in [0.2, 0.25) is 0 Å². The van der Waals surface area contributed by atoms with Gasteiger partial charge >= 0.3 is 17.9 Å². The number of rotatable bonds is 56. The van der Waals surface area contributed by atoms with Gasteiger partial charge in [0.2, 0.25) is 0 Å². The van der Waals surface area contributed by atoms with Crippen molar-refractivity contribution in [3.8, 4) is 17.2 Å². The van der Waals surface area contributed by atoms with Crippen LogP contribution in [0.5, 0.6) is 17.2 Å². The fourth-order valence-corrected chi connectivity index (χ4v) is 9.72. The number of esters is 3. The van der Waals surface area contributed by atoms with Crippen molar-refractivity contribution < 1.29 is 57.0 Å². The molecule has 0 N–H and O–H groups in total. The Labute approximate surface area is 508 Å². The maximum absolute atomic E-state index is 11.9. The van der Waals surface area contributed by atoms with E-state index in [9.17, 15) is 14.4 Å². The lowest BCUT2D eigenvalue weighted by atomic mass is 10.1. The molecule has 84 heavy (non-hydrogen) atoms. The number of carbonyl (C=O) groups excluding carboxylic acids is 3. The van der Waals surface area contributed by atoms with Crippen molar-refractivity contribution in [1.29, 1.82) is 0 Å². The minimum atomic E-state index is -0.387. The van der Waals surface area contributed by atoms with Gasteiger partial charge in [-0.3, -0.25) is 0 Å². The molecule has 0 amide bonds. The number of benzene rings is 3. The van der Waals surface area contributed by atoms with Crippen molar-refractivity contribution in [2.75, 3.05) is 66.1 Å². The summed E-state index contributed by atoms with van der Waals surface area (Å²) in [7, 11) is 0. The Morgan fingerprint density at radius 2 is 0.536 bits per heavy atom. The lowest BCUT2D eigenvalue weighted by Gasteiger charge is -2.19. The zero-order valence-electron chi connectivity index (χ0n) is 52.5. The zero-order chi connectivity index (χ0) is 60.3. The lowest BCUT2D eigenvalue weighted by molar-refractivity contribution is -0.154. The van der Waals surface area contributed by atoms with E-state index < -0.39 is 0 Å². The van der Waals surface area contributed by atoms with Gasteiger partial charge in [-0.25, -0.2) is 14.4 Å². The first-order valence-corrected chi connectivity index (χ1v) is 32.7. The van der Waals surface area contributed by atoms with E-state index in [1.54, 1.807) is 20.8 Å². The maximum Gasteiger partial charge on any atom is 0.338 e. The first-order chi connectivity index (χ1) is 41.2. The maximum atomic E-state index is 11.9. The molecule has 0 aliphatic heterocycles. The van der Waals surface area contributed by atoms with Gasteiger partial charge in [-0.1, -0.05) is 210 Å². The Kier molecular flexibility index (Phi) is 43.2. The average Bonchev–Trinajstić information content (AvgIpc) is 3.54. The number of ether oxygens (including phenoxy) is 9. The van der Waals surface area contributed by atoms with E-state index in [0.717, 1.165) is 98.7 Å². The molecule has 3 aromatic rings. The fraction of sp³-hybridized carbons (Fsp3) is 0.625. The standard InChI is InChI=1S/C72H110O12/c1-7-77-70(73)60(4)63-40-46-66(47-41-63)80-54-35-29-23-17-11-10-16-22-28-34-53-76-59-52-69(83-57-38-32-26-20-14-12-18-24-30-36-55-81-67-48-42-64(43-49-67)61(5)71(74)78-8-2)84-58-39-33-27-21-15-13-19-25-31-37-56-82-68-50-44-65(45-51-68)62(6)72(75)79-9-3/h40-51,69H,4-39,52-59H2,1-3H3. The van der Waals surface area contributed by atoms with Crippen LogP contribution in [0, 0.1) is 0 Å². The van der Waals surface area contributed by atoms with Crippen molar-refractivity contribution in [1.82, 2.24) is 0 Å². The van der Waals surface area contributed by atoms with Gasteiger partial charge in [0.1, 0.15) is 17.2 Å². The third-order valence-electron chi connectivity index (χ3n) is 14.8. The van der Waals surface area contributed by atoms with Crippen LogP contribution in [0.4, 0.5) is 0 Å². The molecule has 0 atom stereocenters. The highest BCUT2D eigenvalue weighted by Crippen LogP contribution is 2.23. The summed E-state index contributed by atoms with van der Waals surface area (Å²) in [6.45, 7) is 22.9. The Hall–Kier alpha value is -5.43. The summed E-state index contributed by atoms with van der Waals surface area (Å²) in [5, 5.41) is 0. The lowest BCUT2D eigenvalue weighted by Crippen LogP contribution is -2.21. The first-order valence-electron chi connectivity index (χ1n) is 32.7. The highest BCUT2D eigenvalue weighted by molar-refractivity contribution is 6.16. The Balaban J connectivity index is 1.19. The summed E-state index contributed by atoms with van der Waals surface area (Å²) in [5.74, 6) is 1.27. The smallest absolute Gasteiger partial charge is 0.338 e. The van der Waals surface area contributed by atoms with E-state index in [0.29, 0.717) is 63.0 Å². The van der Waals surface area contributed by atoms with Crippen LogP contribution in [0.3, 0.4) is 0 Å². The predicted molar refractivity (Wildman–Crippen MR) is 342 cm³/mol. The topological polar surface area (TPSA) is 134 Å². The van der Waals surface area contributed by atoms with E-state index in [2.05, 4.69) is 19.7 Å². The molecule has 0 heterocycles. The van der Waals surface area contributed by atoms with E-state index in [4.69, 9.17) is 42.6 Å². The monoisotopic (exact) mass is 1170 g/mol.